The predicted octanol–water partition coefficient (Wildman–Crippen LogP) is 7.94. The smallest absolute Gasteiger partial charge is 0.169 e. The molecular weight excluding hydrogens is 445 g/mol. The summed E-state index contributed by atoms with van der Waals surface area (Å²) < 4.78 is 102. The Hall–Kier alpha value is -2.83. The number of aryl methyl sites for hydroxylation is 1. The molecule has 174 valence electrons. The maximum Gasteiger partial charge on any atom is 0.169 e. The van der Waals surface area contributed by atoms with Crippen molar-refractivity contribution in [2.45, 2.75) is 51.4 Å². The molecule has 0 heterocycles. The topological polar surface area (TPSA) is 0 Å². The minimum atomic E-state index is -1.66. The lowest BCUT2D eigenvalue weighted by atomic mass is 9.78. The second-order valence-electron chi connectivity index (χ2n) is 8.39. The third-order valence-electron chi connectivity index (χ3n) is 6.31. The molecular formula is C26H21F7. The fraction of sp³-hybridized carbons (Fsp3) is 0.308. The van der Waals surface area contributed by atoms with Crippen LogP contribution in [0.4, 0.5) is 30.7 Å². The lowest BCUT2D eigenvalue weighted by Crippen LogP contribution is -2.20. The van der Waals surface area contributed by atoms with Crippen molar-refractivity contribution < 1.29 is 30.7 Å². The maximum atomic E-state index is 15.2. The van der Waals surface area contributed by atoms with Crippen molar-refractivity contribution >= 4 is 0 Å². The molecule has 3 aromatic rings. The summed E-state index contributed by atoms with van der Waals surface area (Å²) >= 11 is 0. The number of halogens is 7. The van der Waals surface area contributed by atoms with E-state index in [0.717, 1.165) is 31.0 Å². The van der Waals surface area contributed by atoms with Crippen LogP contribution in [-0.4, -0.2) is 0 Å². The number of rotatable bonds is 5. The van der Waals surface area contributed by atoms with Gasteiger partial charge < -0.3 is 0 Å². The highest BCUT2D eigenvalue weighted by Gasteiger charge is 2.34. The molecule has 1 unspecified atom stereocenters. The zero-order valence-corrected chi connectivity index (χ0v) is 17.9. The first kappa shape index (κ1) is 23.3. The Labute approximate surface area is 187 Å². The molecule has 0 aromatic heterocycles. The summed E-state index contributed by atoms with van der Waals surface area (Å²) in [5.41, 5.74) is -1.97. The number of benzene rings is 3. The predicted molar refractivity (Wildman–Crippen MR) is 111 cm³/mol. The van der Waals surface area contributed by atoms with Crippen LogP contribution in [0.3, 0.4) is 0 Å². The van der Waals surface area contributed by atoms with Gasteiger partial charge in [0, 0.05) is 11.1 Å². The summed E-state index contributed by atoms with van der Waals surface area (Å²) in [6, 6.07) is 5.30. The summed E-state index contributed by atoms with van der Waals surface area (Å²) in [5.74, 6) is -9.44. The standard InChI is InChI=1S/C26H21F7/c1-2-3-5-13-10-19(28)21(20(29)11-13)14-8-9-15-17(12-14)25(32)26(33)22(24(15)31)16-6-4-7-18(27)23(16)30/h4,6-7,10-11,14H,2-3,5,8-9,12H2,1H3. The van der Waals surface area contributed by atoms with Crippen LogP contribution in [0.2, 0.25) is 0 Å². The third kappa shape index (κ3) is 4.13. The van der Waals surface area contributed by atoms with Gasteiger partial charge in [-0.1, -0.05) is 25.5 Å². The van der Waals surface area contributed by atoms with Crippen molar-refractivity contribution in [3.05, 3.63) is 93.3 Å². The van der Waals surface area contributed by atoms with E-state index in [1.807, 2.05) is 6.92 Å². The van der Waals surface area contributed by atoms with Crippen LogP contribution in [0.25, 0.3) is 11.1 Å². The molecule has 0 nitrogen and oxygen atoms in total. The second kappa shape index (κ2) is 9.20. The van der Waals surface area contributed by atoms with E-state index in [1.165, 1.54) is 12.1 Å². The van der Waals surface area contributed by atoms with Gasteiger partial charge in [0.25, 0.3) is 0 Å². The molecule has 1 aliphatic carbocycles. The van der Waals surface area contributed by atoms with E-state index in [4.69, 9.17) is 0 Å². The van der Waals surface area contributed by atoms with Crippen molar-refractivity contribution in [3.63, 3.8) is 0 Å². The quantitative estimate of drug-likeness (QED) is 0.265. The van der Waals surface area contributed by atoms with Gasteiger partial charge in [0.1, 0.15) is 17.5 Å². The SMILES string of the molecule is CCCCc1cc(F)c(C2CCc3c(F)c(-c4cccc(F)c4F)c(F)c(F)c3C2)c(F)c1. The average molecular weight is 466 g/mol. The van der Waals surface area contributed by atoms with Crippen molar-refractivity contribution in [3.8, 4) is 11.1 Å². The van der Waals surface area contributed by atoms with Crippen molar-refractivity contribution in [2.24, 2.45) is 0 Å². The molecule has 33 heavy (non-hydrogen) atoms. The molecule has 0 radical (unpaired) electrons. The molecule has 0 spiro atoms. The molecule has 0 N–H and O–H groups in total. The van der Waals surface area contributed by atoms with Gasteiger partial charge in [-0.15, -0.1) is 0 Å². The molecule has 4 rings (SSSR count). The van der Waals surface area contributed by atoms with Crippen LogP contribution < -0.4 is 0 Å². The molecule has 0 fully saturated rings. The highest BCUT2D eigenvalue weighted by Crippen LogP contribution is 2.42. The first-order valence-corrected chi connectivity index (χ1v) is 10.8. The maximum absolute atomic E-state index is 15.2. The Kier molecular flexibility index (Phi) is 6.50. The molecule has 0 saturated heterocycles. The van der Waals surface area contributed by atoms with E-state index >= 15 is 4.39 Å². The normalized spacial score (nSPS) is 15.6. The van der Waals surface area contributed by atoms with Gasteiger partial charge in [-0.25, -0.2) is 30.7 Å². The molecule has 1 atom stereocenters. The monoisotopic (exact) mass is 466 g/mol. The van der Waals surface area contributed by atoms with Gasteiger partial charge in [0.2, 0.25) is 0 Å². The molecule has 7 heteroatoms. The summed E-state index contributed by atoms with van der Waals surface area (Å²) in [4.78, 5) is 0. The molecule has 3 aromatic carbocycles. The zero-order valence-electron chi connectivity index (χ0n) is 17.9. The van der Waals surface area contributed by atoms with Crippen LogP contribution in [0.1, 0.15) is 54.4 Å². The summed E-state index contributed by atoms with van der Waals surface area (Å²) in [6.07, 6.45) is 1.78. The van der Waals surface area contributed by atoms with Crippen LogP contribution in [0.15, 0.2) is 30.3 Å². The van der Waals surface area contributed by atoms with E-state index in [0.29, 0.717) is 12.0 Å². The van der Waals surface area contributed by atoms with Crippen LogP contribution in [0, 0.1) is 40.7 Å². The van der Waals surface area contributed by atoms with E-state index in [-0.39, 0.29) is 36.0 Å². The Balaban J connectivity index is 1.75. The third-order valence-corrected chi connectivity index (χ3v) is 6.31. The molecule has 0 saturated carbocycles. The Bertz CT molecular complexity index is 1190. The van der Waals surface area contributed by atoms with E-state index in [1.54, 1.807) is 0 Å². The van der Waals surface area contributed by atoms with Gasteiger partial charge in [-0.2, -0.15) is 0 Å². The van der Waals surface area contributed by atoms with Crippen LogP contribution in [-0.2, 0) is 19.3 Å². The lowest BCUT2D eigenvalue weighted by Gasteiger charge is -2.28. The fourth-order valence-electron chi connectivity index (χ4n) is 4.63. The number of fused-ring (bicyclic) bond motifs is 1. The van der Waals surface area contributed by atoms with E-state index in [2.05, 4.69) is 0 Å². The molecule has 0 aliphatic heterocycles. The summed E-state index contributed by atoms with van der Waals surface area (Å²) in [5, 5.41) is 0. The van der Waals surface area contributed by atoms with E-state index < -0.39 is 57.8 Å². The van der Waals surface area contributed by atoms with Gasteiger partial charge in [0.15, 0.2) is 23.3 Å². The van der Waals surface area contributed by atoms with Gasteiger partial charge in [-0.3, -0.25) is 0 Å². The Morgan fingerprint density at radius 1 is 0.788 bits per heavy atom. The first-order valence-electron chi connectivity index (χ1n) is 10.8. The van der Waals surface area contributed by atoms with Crippen molar-refractivity contribution in [2.75, 3.05) is 0 Å². The Morgan fingerprint density at radius 2 is 1.48 bits per heavy atom. The molecule has 1 aliphatic rings. The number of unbranched alkanes of at least 4 members (excludes halogenated alkanes) is 1. The largest absolute Gasteiger partial charge is 0.207 e. The highest BCUT2D eigenvalue weighted by atomic mass is 19.2. The summed E-state index contributed by atoms with van der Waals surface area (Å²) in [7, 11) is 0. The van der Waals surface area contributed by atoms with Gasteiger partial charge in [-0.05, 0) is 72.9 Å². The number of hydrogen-bond donors (Lipinski definition) is 0. The van der Waals surface area contributed by atoms with Gasteiger partial charge >= 0.3 is 0 Å². The van der Waals surface area contributed by atoms with Crippen LogP contribution >= 0.6 is 0 Å². The van der Waals surface area contributed by atoms with Gasteiger partial charge in [0.05, 0.1) is 5.56 Å². The highest BCUT2D eigenvalue weighted by molar-refractivity contribution is 5.68. The zero-order chi connectivity index (χ0) is 23.9. The minimum Gasteiger partial charge on any atom is -0.207 e. The first-order chi connectivity index (χ1) is 15.7. The second-order valence-corrected chi connectivity index (χ2v) is 8.39. The minimum absolute atomic E-state index is 0.0855. The van der Waals surface area contributed by atoms with Crippen molar-refractivity contribution in [1.82, 2.24) is 0 Å². The fourth-order valence-corrected chi connectivity index (χ4v) is 4.63. The lowest BCUT2D eigenvalue weighted by molar-refractivity contribution is 0.441. The average Bonchev–Trinajstić information content (AvgIpc) is 2.78. The number of hydrogen-bond acceptors (Lipinski definition) is 0. The van der Waals surface area contributed by atoms with Crippen LogP contribution in [0.5, 0.6) is 0 Å². The van der Waals surface area contributed by atoms with Crippen molar-refractivity contribution in [1.29, 1.82) is 0 Å². The Morgan fingerprint density at radius 3 is 2.15 bits per heavy atom. The molecule has 0 amide bonds. The molecule has 0 bridgehead atoms. The van der Waals surface area contributed by atoms with E-state index in [9.17, 15) is 26.3 Å². The summed E-state index contributed by atoms with van der Waals surface area (Å²) in [6.45, 7) is 1.96.